The summed E-state index contributed by atoms with van der Waals surface area (Å²) in [4.78, 5) is 10.9. The molecule has 1 aliphatic rings. The Balaban J connectivity index is 1.97. The van der Waals surface area contributed by atoms with Crippen molar-refractivity contribution in [3.63, 3.8) is 0 Å². The molecule has 0 heterocycles. The standard InChI is InChI=1S/C17H18N2O6S2/c1-11-4-2-7-15(17(20)21)16(11)19-27(24,25)14-6-3-5-13(10-14)26(22,23)18-12-8-9-12/h2-7,10,12,18-19H,8-9H2,1H3,(H,20,21). The van der Waals surface area contributed by atoms with Crippen LogP contribution in [0.15, 0.2) is 52.3 Å². The second kappa shape index (κ2) is 6.95. The van der Waals surface area contributed by atoms with Gasteiger partial charge >= 0.3 is 5.97 Å². The summed E-state index contributed by atoms with van der Waals surface area (Å²) in [5.74, 6) is -1.28. The van der Waals surface area contributed by atoms with Crippen molar-refractivity contribution in [2.75, 3.05) is 4.72 Å². The third-order valence-corrected chi connectivity index (χ3v) is 6.93. The number of anilines is 1. The first-order valence-corrected chi connectivity index (χ1v) is 11.0. The van der Waals surface area contributed by atoms with Crippen molar-refractivity contribution in [3.05, 3.63) is 53.6 Å². The lowest BCUT2D eigenvalue weighted by molar-refractivity contribution is 0.0698. The molecule has 1 saturated carbocycles. The third kappa shape index (κ3) is 4.29. The normalized spacial score (nSPS) is 14.7. The SMILES string of the molecule is Cc1cccc(C(=O)O)c1NS(=O)(=O)c1cccc(S(=O)(=O)NC2CC2)c1. The highest BCUT2D eigenvalue weighted by Gasteiger charge is 2.29. The second-order valence-corrected chi connectivity index (χ2v) is 9.67. The fourth-order valence-electron chi connectivity index (χ4n) is 2.47. The van der Waals surface area contributed by atoms with Crippen LogP contribution in [-0.2, 0) is 20.0 Å². The predicted molar refractivity (Wildman–Crippen MR) is 98.7 cm³/mol. The van der Waals surface area contributed by atoms with Gasteiger partial charge in [0.25, 0.3) is 10.0 Å². The number of hydrogen-bond donors (Lipinski definition) is 3. The molecule has 144 valence electrons. The topological polar surface area (TPSA) is 130 Å². The largest absolute Gasteiger partial charge is 0.478 e. The second-order valence-electron chi connectivity index (χ2n) is 6.28. The lowest BCUT2D eigenvalue weighted by Gasteiger charge is -2.14. The molecule has 2 aromatic carbocycles. The Labute approximate surface area is 157 Å². The smallest absolute Gasteiger partial charge is 0.337 e. The van der Waals surface area contributed by atoms with Crippen LogP contribution in [0.4, 0.5) is 5.69 Å². The van der Waals surface area contributed by atoms with E-state index < -0.39 is 26.0 Å². The number of nitrogens with one attached hydrogen (secondary N) is 2. The Kier molecular flexibility index (Phi) is 4.98. The molecular formula is C17H18N2O6S2. The van der Waals surface area contributed by atoms with Crippen molar-refractivity contribution in [2.24, 2.45) is 0 Å². The molecule has 0 atom stereocenters. The number of aryl methyl sites for hydroxylation is 1. The number of carboxylic acids is 1. The number of sulfonamides is 2. The summed E-state index contributed by atoms with van der Waals surface area (Å²) in [6.45, 7) is 1.57. The average molecular weight is 410 g/mol. The number of rotatable bonds is 7. The fourth-order valence-corrected chi connectivity index (χ4v) is 5.09. The number of benzene rings is 2. The highest BCUT2D eigenvalue weighted by Crippen LogP contribution is 2.26. The quantitative estimate of drug-likeness (QED) is 0.640. The molecule has 0 amide bonds. The zero-order valence-corrected chi connectivity index (χ0v) is 16.0. The van der Waals surface area contributed by atoms with Gasteiger partial charge in [-0.15, -0.1) is 0 Å². The summed E-state index contributed by atoms with van der Waals surface area (Å²) >= 11 is 0. The lowest BCUT2D eigenvalue weighted by Crippen LogP contribution is -2.26. The molecule has 1 aliphatic carbocycles. The van der Waals surface area contributed by atoms with Crippen molar-refractivity contribution in [1.82, 2.24) is 4.72 Å². The maximum atomic E-state index is 12.7. The highest BCUT2D eigenvalue weighted by molar-refractivity contribution is 7.93. The lowest BCUT2D eigenvalue weighted by atomic mass is 10.1. The molecule has 0 saturated heterocycles. The summed E-state index contributed by atoms with van der Waals surface area (Å²) in [6, 6.07) is 9.18. The fraction of sp³-hybridized carbons (Fsp3) is 0.235. The van der Waals surface area contributed by atoms with Gasteiger partial charge in [0.05, 0.1) is 21.0 Å². The molecule has 0 bridgehead atoms. The van der Waals surface area contributed by atoms with E-state index in [4.69, 9.17) is 0 Å². The van der Waals surface area contributed by atoms with Crippen LogP contribution in [0.25, 0.3) is 0 Å². The molecule has 2 aromatic rings. The van der Waals surface area contributed by atoms with Gasteiger partial charge in [0, 0.05) is 6.04 Å². The summed E-state index contributed by atoms with van der Waals surface area (Å²) in [7, 11) is -8.01. The molecule has 3 rings (SSSR count). The Bertz CT molecular complexity index is 1110. The molecule has 0 unspecified atom stereocenters. The van der Waals surface area contributed by atoms with Gasteiger partial charge < -0.3 is 5.11 Å². The van der Waals surface area contributed by atoms with Crippen LogP contribution in [0.2, 0.25) is 0 Å². The number of para-hydroxylation sites is 1. The van der Waals surface area contributed by atoms with Crippen LogP contribution >= 0.6 is 0 Å². The van der Waals surface area contributed by atoms with Crippen LogP contribution in [0.1, 0.15) is 28.8 Å². The van der Waals surface area contributed by atoms with Crippen LogP contribution < -0.4 is 9.44 Å². The maximum absolute atomic E-state index is 12.7. The predicted octanol–water partition coefficient (Wildman–Crippen LogP) is 1.93. The number of carboxylic acid groups (broad SMARTS) is 1. The van der Waals surface area contributed by atoms with Gasteiger partial charge in [-0.25, -0.2) is 26.4 Å². The number of aromatic carboxylic acids is 1. The van der Waals surface area contributed by atoms with Crippen LogP contribution in [0.3, 0.4) is 0 Å². The molecule has 0 aromatic heterocycles. The number of hydrogen-bond acceptors (Lipinski definition) is 5. The minimum atomic E-state index is -4.19. The van der Waals surface area contributed by atoms with Crippen molar-refractivity contribution in [2.45, 2.75) is 35.6 Å². The Morgan fingerprint density at radius 2 is 1.59 bits per heavy atom. The van der Waals surface area contributed by atoms with Gasteiger partial charge in [0.1, 0.15) is 0 Å². The van der Waals surface area contributed by atoms with Gasteiger partial charge in [-0.3, -0.25) is 4.72 Å². The van der Waals surface area contributed by atoms with Crippen LogP contribution in [0.5, 0.6) is 0 Å². The maximum Gasteiger partial charge on any atom is 0.337 e. The van der Waals surface area contributed by atoms with Gasteiger partial charge in [-0.1, -0.05) is 18.2 Å². The van der Waals surface area contributed by atoms with Gasteiger partial charge in [0.15, 0.2) is 0 Å². The Morgan fingerprint density at radius 1 is 1.00 bits per heavy atom. The van der Waals surface area contributed by atoms with Gasteiger partial charge in [-0.2, -0.15) is 0 Å². The average Bonchev–Trinajstić information content (AvgIpc) is 3.40. The van der Waals surface area contributed by atoms with E-state index >= 15 is 0 Å². The monoisotopic (exact) mass is 410 g/mol. The molecule has 0 radical (unpaired) electrons. The van der Waals surface area contributed by atoms with E-state index in [0.29, 0.717) is 5.56 Å². The van der Waals surface area contributed by atoms with Crippen molar-refractivity contribution < 1.29 is 26.7 Å². The van der Waals surface area contributed by atoms with Crippen molar-refractivity contribution in [1.29, 1.82) is 0 Å². The van der Waals surface area contributed by atoms with Crippen LogP contribution in [-0.4, -0.2) is 34.0 Å². The van der Waals surface area contributed by atoms with E-state index in [9.17, 15) is 26.7 Å². The Hall–Kier alpha value is -2.43. The van der Waals surface area contributed by atoms with Gasteiger partial charge in [0.2, 0.25) is 10.0 Å². The molecule has 8 nitrogen and oxygen atoms in total. The van der Waals surface area contributed by atoms with Gasteiger partial charge in [-0.05, 0) is 49.6 Å². The van der Waals surface area contributed by atoms with E-state index in [1.807, 2.05) is 0 Å². The number of carbonyl (C=O) groups is 1. The summed E-state index contributed by atoms with van der Waals surface area (Å²) in [5, 5.41) is 9.28. The van der Waals surface area contributed by atoms with Crippen molar-refractivity contribution in [3.8, 4) is 0 Å². The molecule has 10 heteroatoms. The molecule has 0 spiro atoms. The minimum absolute atomic E-state index is 0.0608. The molecule has 0 aliphatic heterocycles. The zero-order valence-electron chi connectivity index (χ0n) is 14.3. The summed E-state index contributed by atoms with van der Waals surface area (Å²) < 4.78 is 54.8. The van der Waals surface area contributed by atoms with E-state index in [1.54, 1.807) is 13.0 Å². The molecular weight excluding hydrogens is 392 g/mol. The minimum Gasteiger partial charge on any atom is -0.478 e. The summed E-state index contributed by atoms with van der Waals surface area (Å²) in [5.41, 5.74) is 0.171. The van der Waals surface area contributed by atoms with Crippen LogP contribution in [0, 0.1) is 6.92 Å². The molecule has 3 N–H and O–H groups in total. The highest BCUT2D eigenvalue weighted by atomic mass is 32.2. The van der Waals surface area contributed by atoms with E-state index in [1.165, 1.54) is 30.3 Å². The van der Waals surface area contributed by atoms with E-state index in [-0.39, 0.29) is 27.1 Å². The first kappa shape index (κ1) is 19.3. The third-order valence-electron chi connectivity index (χ3n) is 4.06. The van der Waals surface area contributed by atoms with E-state index in [0.717, 1.165) is 18.9 Å². The molecule has 1 fully saturated rings. The zero-order chi connectivity index (χ0) is 19.8. The van der Waals surface area contributed by atoms with Crippen molar-refractivity contribution >= 4 is 31.7 Å². The summed E-state index contributed by atoms with van der Waals surface area (Å²) in [6.07, 6.45) is 1.51. The first-order valence-electron chi connectivity index (χ1n) is 8.08. The first-order chi connectivity index (χ1) is 12.6. The molecule has 27 heavy (non-hydrogen) atoms. The van der Waals surface area contributed by atoms with E-state index in [2.05, 4.69) is 9.44 Å². The Morgan fingerprint density at radius 3 is 2.19 bits per heavy atom.